The maximum atomic E-state index is 13.8. The van der Waals surface area contributed by atoms with E-state index in [4.69, 9.17) is 0 Å². The van der Waals surface area contributed by atoms with Crippen molar-refractivity contribution in [3.05, 3.63) is 65.2 Å². The van der Waals surface area contributed by atoms with Gasteiger partial charge in [-0.15, -0.1) is 0 Å². The zero-order valence-electron chi connectivity index (χ0n) is 13.0. The molecule has 3 rings (SSSR count). The fourth-order valence-electron chi connectivity index (χ4n) is 2.89. The van der Waals surface area contributed by atoms with Gasteiger partial charge in [-0.25, -0.2) is 8.78 Å². The van der Waals surface area contributed by atoms with Crippen LogP contribution in [0.2, 0.25) is 0 Å². The summed E-state index contributed by atoms with van der Waals surface area (Å²) in [7, 11) is 0. The topological polar surface area (TPSA) is 58.2 Å². The maximum Gasteiger partial charge on any atom is 0.228 e. The molecule has 1 aliphatic heterocycles. The molecule has 1 heterocycles. The molecule has 2 amide bonds. The number of benzene rings is 2. The molecule has 0 saturated heterocycles. The summed E-state index contributed by atoms with van der Waals surface area (Å²) in [5.41, 5.74) is 1.21. The molecule has 2 aromatic carbocycles. The van der Waals surface area contributed by atoms with Crippen LogP contribution < -0.4 is 10.6 Å². The highest BCUT2D eigenvalue weighted by molar-refractivity contribution is 6.01. The van der Waals surface area contributed by atoms with Gasteiger partial charge in [0.15, 0.2) is 0 Å². The molecule has 0 bridgehead atoms. The van der Waals surface area contributed by atoms with Gasteiger partial charge in [0.25, 0.3) is 0 Å². The van der Waals surface area contributed by atoms with E-state index in [1.165, 1.54) is 24.3 Å². The van der Waals surface area contributed by atoms with Crippen molar-refractivity contribution in [2.45, 2.75) is 25.3 Å². The zero-order chi connectivity index (χ0) is 17.3. The second-order valence-corrected chi connectivity index (χ2v) is 5.79. The van der Waals surface area contributed by atoms with Crippen LogP contribution in [0.15, 0.2) is 42.5 Å². The van der Waals surface area contributed by atoms with Gasteiger partial charge >= 0.3 is 0 Å². The van der Waals surface area contributed by atoms with E-state index in [1.54, 1.807) is 25.1 Å². The summed E-state index contributed by atoms with van der Waals surface area (Å²) in [6, 6.07) is 9.55. The van der Waals surface area contributed by atoms with E-state index >= 15 is 0 Å². The summed E-state index contributed by atoms with van der Waals surface area (Å²) in [5, 5.41) is 5.29. The molecule has 2 atom stereocenters. The fraction of sp³-hybridized carbons (Fsp3) is 0.222. The first-order chi connectivity index (χ1) is 11.5. The molecule has 0 unspecified atom stereocenters. The number of carbonyl (C=O) groups is 2. The third kappa shape index (κ3) is 3.13. The van der Waals surface area contributed by atoms with Crippen molar-refractivity contribution in [3.8, 4) is 0 Å². The summed E-state index contributed by atoms with van der Waals surface area (Å²) in [5.74, 6) is -2.38. The molecular formula is C18H16F2N2O2. The number of nitrogens with one attached hydrogen (secondary N) is 2. The number of hydrogen-bond acceptors (Lipinski definition) is 2. The molecule has 2 aromatic rings. The molecule has 1 aliphatic rings. The summed E-state index contributed by atoms with van der Waals surface area (Å²) >= 11 is 0. The van der Waals surface area contributed by atoms with E-state index in [1.807, 2.05) is 0 Å². The van der Waals surface area contributed by atoms with Crippen molar-refractivity contribution in [1.82, 2.24) is 5.32 Å². The van der Waals surface area contributed by atoms with Gasteiger partial charge < -0.3 is 10.6 Å². The monoisotopic (exact) mass is 330 g/mol. The molecule has 0 fully saturated rings. The summed E-state index contributed by atoms with van der Waals surface area (Å²) in [6.07, 6.45) is -0.0333. The summed E-state index contributed by atoms with van der Waals surface area (Å²) in [4.78, 5) is 24.4. The van der Waals surface area contributed by atoms with Crippen LogP contribution in [-0.4, -0.2) is 11.8 Å². The Morgan fingerprint density at radius 1 is 1.25 bits per heavy atom. The van der Waals surface area contributed by atoms with Crippen molar-refractivity contribution in [1.29, 1.82) is 0 Å². The highest BCUT2D eigenvalue weighted by Gasteiger charge is 2.31. The van der Waals surface area contributed by atoms with Crippen LogP contribution in [0, 0.1) is 11.6 Å². The highest BCUT2D eigenvalue weighted by atomic mass is 19.1. The molecule has 124 valence electrons. The van der Waals surface area contributed by atoms with Crippen LogP contribution in [-0.2, 0) is 9.59 Å². The third-order valence-electron chi connectivity index (χ3n) is 4.10. The second-order valence-electron chi connectivity index (χ2n) is 5.79. The van der Waals surface area contributed by atoms with Crippen LogP contribution in [0.25, 0.3) is 0 Å². The first-order valence-electron chi connectivity index (χ1n) is 7.60. The SMILES string of the molecule is C[C@H](NC(=O)[C@@H]1CC(=O)Nc2cc(F)ccc21)c1ccccc1F. The average molecular weight is 330 g/mol. The van der Waals surface area contributed by atoms with Crippen molar-refractivity contribution in [3.63, 3.8) is 0 Å². The van der Waals surface area contributed by atoms with E-state index in [0.717, 1.165) is 0 Å². The van der Waals surface area contributed by atoms with Crippen molar-refractivity contribution in [2.24, 2.45) is 0 Å². The Morgan fingerprint density at radius 2 is 2.00 bits per heavy atom. The lowest BCUT2D eigenvalue weighted by Crippen LogP contribution is -2.36. The van der Waals surface area contributed by atoms with E-state index < -0.39 is 29.5 Å². The molecule has 2 N–H and O–H groups in total. The van der Waals surface area contributed by atoms with Crippen molar-refractivity contribution >= 4 is 17.5 Å². The number of amides is 2. The van der Waals surface area contributed by atoms with E-state index in [9.17, 15) is 18.4 Å². The summed E-state index contributed by atoms with van der Waals surface area (Å²) < 4.78 is 27.2. The van der Waals surface area contributed by atoms with Crippen LogP contribution in [0.5, 0.6) is 0 Å². The fourth-order valence-corrected chi connectivity index (χ4v) is 2.89. The Balaban J connectivity index is 1.83. The number of anilines is 1. The number of carbonyl (C=O) groups excluding carboxylic acids is 2. The predicted octanol–water partition coefficient (Wildman–Crippen LogP) is 3.27. The lowest BCUT2D eigenvalue weighted by atomic mass is 9.89. The maximum absolute atomic E-state index is 13.8. The van der Waals surface area contributed by atoms with Gasteiger partial charge in [-0.3, -0.25) is 9.59 Å². The standard InChI is InChI=1S/C18H16F2N2O2/c1-10(12-4-2-3-5-15(12)20)21-18(24)14-9-17(23)22-16-8-11(19)6-7-13(14)16/h2-8,10,14H,9H2,1H3,(H,21,24)(H,22,23)/t10-,14+/m0/s1. The molecule has 0 aromatic heterocycles. The molecule has 0 spiro atoms. The third-order valence-corrected chi connectivity index (χ3v) is 4.10. The number of halogens is 2. The van der Waals surface area contributed by atoms with Crippen molar-refractivity contribution in [2.75, 3.05) is 5.32 Å². The first-order valence-corrected chi connectivity index (χ1v) is 7.60. The molecule has 0 saturated carbocycles. The number of fused-ring (bicyclic) bond motifs is 1. The van der Waals surface area contributed by atoms with Gasteiger partial charge in [0.1, 0.15) is 11.6 Å². The minimum Gasteiger partial charge on any atom is -0.349 e. The van der Waals surface area contributed by atoms with E-state index in [-0.39, 0.29) is 12.3 Å². The normalized spacial score (nSPS) is 17.6. The van der Waals surface area contributed by atoms with Crippen LogP contribution in [0.3, 0.4) is 0 Å². The number of hydrogen-bond donors (Lipinski definition) is 2. The quantitative estimate of drug-likeness (QED) is 0.907. The zero-order valence-corrected chi connectivity index (χ0v) is 13.0. The van der Waals surface area contributed by atoms with Gasteiger partial charge in [0, 0.05) is 17.7 Å². The molecular weight excluding hydrogens is 314 g/mol. The van der Waals surface area contributed by atoms with Crippen LogP contribution in [0.4, 0.5) is 14.5 Å². The predicted molar refractivity (Wildman–Crippen MR) is 85.3 cm³/mol. The van der Waals surface area contributed by atoms with Gasteiger partial charge in [0.05, 0.1) is 12.0 Å². The Morgan fingerprint density at radius 3 is 2.75 bits per heavy atom. The lowest BCUT2D eigenvalue weighted by molar-refractivity contribution is -0.126. The Labute approximate surface area is 137 Å². The first kappa shape index (κ1) is 16.1. The molecule has 0 aliphatic carbocycles. The van der Waals surface area contributed by atoms with Crippen LogP contribution >= 0.6 is 0 Å². The molecule has 24 heavy (non-hydrogen) atoms. The molecule has 0 radical (unpaired) electrons. The van der Waals surface area contributed by atoms with E-state index in [2.05, 4.69) is 10.6 Å². The Kier molecular flexibility index (Phi) is 4.29. The van der Waals surface area contributed by atoms with Gasteiger partial charge in [-0.2, -0.15) is 0 Å². The van der Waals surface area contributed by atoms with Gasteiger partial charge in [-0.05, 0) is 30.7 Å². The largest absolute Gasteiger partial charge is 0.349 e. The molecule has 6 heteroatoms. The summed E-state index contributed by atoms with van der Waals surface area (Å²) in [6.45, 7) is 1.67. The highest BCUT2D eigenvalue weighted by Crippen LogP contribution is 2.33. The van der Waals surface area contributed by atoms with Gasteiger partial charge in [-0.1, -0.05) is 24.3 Å². The lowest BCUT2D eigenvalue weighted by Gasteiger charge is -2.26. The minimum absolute atomic E-state index is 0.0333. The van der Waals surface area contributed by atoms with Gasteiger partial charge in [0.2, 0.25) is 11.8 Å². The average Bonchev–Trinajstić information content (AvgIpc) is 2.53. The van der Waals surface area contributed by atoms with E-state index in [0.29, 0.717) is 16.8 Å². The minimum atomic E-state index is -0.733. The van der Waals surface area contributed by atoms with Crippen molar-refractivity contribution < 1.29 is 18.4 Å². The Bertz CT molecular complexity index is 807. The molecule has 4 nitrogen and oxygen atoms in total. The van der Waals surface area contributed by atoms with Crippen LogP contribution in [0.1, 0.15) is 36.4 Å². The Hall–Kier alpha value is -2.76. The number of rotatable bonds is 3. The smallest absolute Gasteiger partial charge is 0.228 e. The second kappa shape index (κ2) is 6.39.